The number of esters is 1. The molecule has 0 radical (unpaired) electrons. The number of aromatic nitrogens is 3. The third-order valence-electron chi connectivity index (χ3n) is 5.30. The molecule has 2 aromatic carbocycles. The summed E-state index contributed by atoms with van der Waals surface area (Å²) in [6.45, 7) is -0.432. The Morgan fingerprint density at radius 1 is 1.03 bits per heavy atom. The SMILES string of the molecule is COC(=O)C(COc1ccc2[nH]c(=O)[nH]c2c1)NC(=O)c1cccn(Cc2ccc(F)c(F)c2)c1=O. The van der Waals surface area contributed by atoms with Crippen LogP contribution in [-0.2, 0) is 16.1 Å². The van der Waals surface area contributed by atoms with Gasteiger partial charge in [-0.15, -0.1) is 0 Å². The van der Waals surface area contributed by atoms with E-state index in [1.165, 1.54) is 30.5 Å². The van der Waals surface area contributed by atoms with Crippen LogP contribution in [0, 0.1) is 11.6 Å². The molecule has 1 amide bonds. The summed E-state index contributed by atoms with van der Waals surface area (Å²) in [5, 5.41) is 2.42. The Kier molecular flexibility index (Phi) is 6.95. The van der Waals surface area contributed by atoms with Crippen molar-refractivity contribution in [2.45, 2.75) is 12.6 Å². The molecule has 0 aliphatic carbocycles. The van der Waals surface area contributed by atoms with Gasteiger partial charge in [0.05, 0.1) is 24.7 Å². The fraction of sp³-hybridized carbons (Fsp3) is 0.167. The Morgan fingerprint density at radius 3 is 2.56 bits per heavy atom. The molecule has 12 heteroatoms. The van der Waals surface area contributed by atoms with Crippen molar-refractivity contribution < 1.29 is 27.8 Å². The van der Waals surface area contributed by atoms with Gasteiger partial charge in [-0.1, -0.05) is 6.07 Å². The fourth-order valence-electron chi connectivity index (χ4n) is 3.50. The lowest BCUT2D eigenvalue weighted by Crippen LogP contribution is -2.47. The van der Waals surface area contributed by atoms with Crippen LogP contribution in [0.4, 0.5) is 8.78 Å². The summed E-state index contributed by atoms with van der Waals surface area (Å²) in [5.41, 5.74) is -0.00238. The van der Waals surface area contributed by atoms with Gasteiger partial charge in [0.25, 0.3) is 11.5 Å². The van der Waals surface area contributed by atoms with Crippen molar-refractivity contribution in [3.05, 3.63) is 98.3 Å². The number of H-pyrrole nitrogens is 2. The first-order valence-corrected chi connectivity index (χ1v) is 10.6. The monoisotopic (exact) mass is 498 g/mol. The molecule has 0 saturated carbocycles. The van der Waals surface area contributed by atoms with Crippen LogP contribution in [0.25, 0.3) is 11.0 Å². The van der Waals surface area contributed by atoms with Gasteiger partial charge in [-0.2, -0.15) is 0 Å². The smallest absolute Gasteiger partial charge is 0.331 e. The predicted octanol–water partition coefficient (Wildman–Crippen LogP) is 1.69. The van der Waals surface area contributed by atoms with Gasteiger partial charge >= 0.3 is 11.7 Å². The van der Waals surface area contributed by atoms with Crippen molar-refractivity contribution in [3.8, 4) is 5.75 Å². The number of benzene rings is 2. The largest absolute Gasteiger partial charge is 0.491 e. The summed E-state index contributed by atoms with van der Waals surface area (Å²) in [4.78, 5) is 54.5. The minimum Gasteiger partial charge on any atom is -0.491 e. The number of imidazole rings is 1. The molecular weight excluding hydrogens is 478 g/mol. The van der Waals surface area contributed by atoms with Gasteiger partial charge in [0.2, 0.25) is 0 Å². The van der Waals surface area contributed by atoms with E-state index in [0.717, 1.165) is 23.8 Å². The van der Waals surface area contributed by atoms with E-state index in [0.29, 0.717) is 22.3 Å². The summed E-state index contributed by atoms with van der Waals surface area (Å²) >= 11 is 0. The lowest BCUT2D eigenvalue weighted by Gasteiger charge is -2.17. The highest BCUT2D eigenvalue weighted by Crippen LogP contribution is 2.17. The Balaban J connectivity index is 1.49. The van der Waals surface area contributed by atoms with Gasteiger partial charge in [-0.05, 0) is 42.0 Å². The Morgan fingerprint density at radius 2 is 1.81 bits per heavy atom. The Hall–Kier alpha value is -4.74. The van der Waals surface area contributed by atoms with E-state index in [1.807, 2.05) is 0 Å². The van der Waals surface area contributed by atoms with Crippen molar-refractivity contribution in [2.24, 2.45) is 0 Å². The zero-order valence-corrected chi connectivity index (χ0v) is 18.8. The van der Waals surface area contributed by atoms with Crippen LogP contribution in [0.2, 0.25) is 0 Å². The lowest BCUT2D eigenvalue weighted by molar-refractivity contribution is -0.143. The van der Waals surface area contributed by atoms with E-state index in [9.17, 15) is 28.0 Å². The molecule has 0 aliphatic rings. The summed E-state index contributed by atoms with van der Waals surface area (Å²) in [5.74, 6) is -3.43. The molecular formula is C24H20F2N4O6. The molecule has 0 aliphatic heterocycles. The molecule has 186 valence electrons. The molecule has 0 saturated heterocycles. The number of rotatable bonds is 8. The number of nitrogens with zero attached hydrogens (tertiary/aromatic N) is 1. The lowest BCUT2D eigenvalue weighted by atomic mass is 10.2. The second kappa shape index (κ2) is 10.3. The normalized spacial score (nSPS) is 11.8. The third kappa shape index (κ3) is 5.32. The second-order valence-electron chi connectivity index (χ2n) is 7.75. The maximum absolute atomic E-state index is 13.5. The molecule has 0 bridgehead atoms. The quantitative estimate of drug-likeness (QED) is 0.317. The van der Waals surface area contributed by atoms with Crippen molar-refractivity contribution in [1.82, 2.24) is 19.9 Å². The van der Waals surface area contributed by atoms with Gasteiger partial charge in [0, 0.05) is 12.3 Å². The molecule has 4 aromatic rings. The molecule has 4 rings (SSSR count). The van der Waals surface area contributed by atoms with Crippen LogP contribution in [0.1, 0.15) is 15.9 Å². The van der Waals surface area contributed by atoms with E-state index in [-0.39, 0.29) is 24.4 Å². The molecule has 3 N–H and O–H groups in total. The van der Waals surface area contributed by atoms with Gasteiger partial charge in [-0.3, -0.25) is 9.59 Å². The average molecular weight is 498 g/mol. The van der Waals surface area contributed by atoms with Crippen LogP contribution < -0.4 is 21.3 Å². The van der Waals surface area contributed by atoms with E-state index < -0.39 is 35.1 Å². The minimum absolute atomic E-state index is 0.107. The van der Waals surface area contributed by atoms with E-state index >= 15 is 0 Å². The van der Waals surface area contributed by atoms with Gasteiger partial charge < -0.3 is 29.3 Å². The molecule has 0 spiro atoms. The maximum atomic E-state index is 13.5. The molecule has 10 nitrogen and oxygen atoms in total. The number of fused-ring (bicyclic) bond motifs is 1. The van der Waals surface area contributed by atoms with E-state index in [4.69, 9.17) is 9.47 Å². The fourth-order valence-corrected chi connectivity index (χ4v) is 3.50. The molecule has 1 atom stereocenters. The van der Waals surface area contributed by atoms with Gasteiger partial charge in [0.1, 0.15) is 17.9 Å². The average Bonchev–Trinajstić information content (AvgIpc) is 3.23. The molecule has 0 fully saturated rings. The molecule has 2 heterocycles. The highest BCUT2D eigenvalue weighted by Gasteiger charge is 2.25. The summed E-state index contributed by atoms with van der Waals surface area (Å²) < 4.78 is 38.2. The van der Waals surface area contributed by atoms with Crippen molar-refractivity contribution >= 4 is 22.9 Å². The van der Waals surface area contributed by atoms with Crippen molar-refractivity contribution in [1.29, 1.82) is 0 Å². The number of methoxy groups -OCH3 is 1. The first-order chi connectivity index (χ1) is 17.2. The summed E-state index contributed by atoms with van der Waals surface area (Å²) in [6, 6.07) is 9.38. The summed E-state index contributed by atoms with van der Waals surface area (Å²) in [7, 11) is 1.13. The van der Waals surface area contributed by atoms with Crippen LogP contribution in [0.15, 0.2) is 64.3 Å². The molecule has 36 heavy (non-hydrogen) atoms. The van der Waals surface area contributed by atoms with Crippen LogP contribution >= 0.6 is 0 Å². The highest BCUT2D eigenvalue weighted by molar-refractivity contribution is 5.96. The summed E-state index contributed by atoms with van der Waals surface area (Å²) in [6.07, 6.45) is 1.39. The zero-order valence-electron chi connectivity index (χ0n) is 18.8. The Bertz CT molecular complexity index is 1560. The number of hydrogen-bond acceptors (Lipinski definition) is 6. The van der Waals surface area contributed by atoms with E-state index in [1.54, 1.807) is 12.1 Å². The predicted molar refractivity (Wildman–Crippen MR) is 124 cm³/mol. The number of nitrogens with one attached hydrogen (secondary N) is 3. The maximum Gasteiger partial charge on any atom is 0.331 e. The molecule has 1 unspecified atom stereocenters. The number of ether oxygens (including phenoxy) is 2. The standard InChI is InChI=1S/C24H20F2N4O6/c1-35-23(33)20(12-36-14-5-7-18-19(10-14)29-24(34)28-18)27-21(31)15-3-2-8-30(22(15)32)11-13-4-6-16(25)17(26)9-13/h2-10,20H,11-12H2,1H3,(H,27,31)(H2,28,29,34). The van der Waals surface area contributed by atoms with Crippen molar-refractivity contribution in [3.63, 3.8) is 0 Å². The van der Waals surface area contributed by atoms with Gasteiger partial charge in [-0.25, -0.2) is 18.4 Å². The first-order valence-electron chi connectivity index (χ1n) is 10.6. The number of amides is 1. The first kappa shape index (κ1) is 24.4. The zero-order chi connectivity index (χ0) is 25.8. The number of carbonyl (C=O) groups is 2. The molecule has 2 aromatic heterocycles. The minimum atomic E-state index is -1.26. The third-order valence-corrected chi connectivity index (χ3v) is 5.30. The van der Waals surface area contributed by atoms with Crippen LogP contribution in [0.3, 0.4) is 0 Å². The van der Waals surface area contributed by atoms with Crippen molar-refractivity contribution in [2.75, 3.05) is 13.7 Å². The number of aromatic amines is 2. The number of carbonyl (C=O) groups excluding carboxylic acids is 2. The Labute approximate surface area is 201 Å². The van der Waals surface area contributed by atoms with Crippen LogP contribution in [-0.4, -0.2) is 46.2 Å². The van der Waals surface area contributed by atoms with Crippen LogP contribution in [0.5, 0.6) is 5.75 Å². The second-order valence-corrected chi connectivity index (χ2v) is 7.75. The topological polar surface area (TPSA) is 135 Å². The number of halogens is 2. The highest BCUT2D eigenvalue weighted by atomic mass is 19.2. The number of pyridine rings is 1. The van der Waals surface area contributed by atoms with E-state index in [2.05, 4.69) is 15.3 Å². The number of hydrogen-bond donors (Lipinski definition) is 3. The van der Waals surface area contributed by atoms with Gasteiger partial charge in [0.15, 0.2) is 17.7 Å².